The molecule has 0 N–H and O–H groups in total. The van der Waals surface area contributed by atoms with E-state index < -0.39 is 0 Å². The van der Waals surface area contributed by atoms with E-state index in [0.717, 1.165) is 16.8 Å². The lowest BCUT2D eigenvalue weighted by molar-refractivity contribution is 0.242. The molecule has 0 atom stereocenters. The van der Waals surface area contributed by atoms with Gasteiger partial charge in [-0.25, -0.2) is 4.98 Å². The molecule has 4 nitrogen and oxygen atoms in total. The fourth-order valence-electron chi connectivity index (χ4n) is 2.13. The van der Waals surface area contributed by atoms with Crippen molar-refractivity contribution in [3.05, 3.63) is 58.0 Å². The van der Waals surface area contributed by atoms with Crippen molar-refractivity contribution in [1.29, 1.82) is 0 Å². The number of aromatic nitrogens is 2. The summed E-state index contributed by atoms with van der Waals surface area (Å²) >= 11 is 1.43. The van der Waals surface area contributed by atoms with Crippen molar-refractivity contribution < 1.29 is 4.74 Å². The van der Waals surface area contributed by atoms with Crippen molar-refractivity contribution in [3.8, 4) is 5.75 Å². The SMILES string of the molecule is CC(C)Oc1ccc(Cn2cnc3ccsc3c2=O)cc1. The summed E-state index contributed by atoms with van der Waals surface area (Å²) in [6, 6.07) is 9.67. The summed E-state index contributed by atoms with van der Waals surface area (Å²) in [6.45, 7) is 4.51. The Morgan fingerprint density at radius 2 is 2.00 bits per heavy atom. The van der Waals surface area contributed by atoms with Gasteiger partial charge in [0.1, 0.15) is 10.4 Å². The normalized spacial score (nSPS) is 11.2. The standard InChI is InChI=1S/C16H16N2O2S/c1-11(2)20-13-5-3-12(4-6-13)9-18-10-17-14-7-8-21-15(14)16(18)19/h3-8,10-11H,9H2,1-2H3. The van der Waals surface area contributed by atoms with E-state index in [1.54, 1.807) is 10.9 Å². The molecule has 0 saturated carbocycles. The molecule has 1 aromatic carbocycles. The highest BCUT2D eigenvalue weighted by Crippen LogP contribution is 2.16. The molecular formula is C16H16N2O2S. The molecule has 0 bridgehead atoms. The highest BCUT2D eigenvalue weighted by molar-refractivity contribution is 7.17. The first-order chi connectivity index (χ1) is 10.1. The zero-order valence-corrected chi connectivity index (χ0v) is 12.8. The number of benzene rings is 1. The maximum absolute atomic E-state index is 12.3. The molecule has 0 radical (unpaired) electrons. The molecule has 2 aromatic heterocycles. The highest BCUT2D eigenvalue weighted by atomic mass is 32.1. The minimum absolute atomic E-state index is 0.0116. The first-order valence-electron chi connectivity index (χ1n) is 6.82. The van der Waals surface area contributed by atoms with Gasteiger partial charge in [0, 0.05) is 0 Å². The Hall–Kier alpha value is -2.14. The van der Waals surface area contributed by atoms with Gasteiger partial charge in [-0.2, -0.15) is 0 Å². The summed E-state index contributed by atoms with van der Waals surface area (Å²) in [5, 5.41) is 1.89. The summed E-state index contributed by atoms with van der Waals surface area (Å²) in [4.78, 5) is 16.6. The van der Waals surface area contributed by atoms with E-state index in [2.05, 4.69) is 4.98 Å². The van der Waals surface area contributed by atoms with Crippen LogP contribution in [0.1, 0.15) is 19.4 Å². The van der Waals surface area contributed by atoms with Crippen LogP contribution in [0.5, 0.6) is 5.75 Å². The lowest BCUT2D eigenvalue weighted by Gasteiger charge is -2.10. The quantitative estimate of drug-likeness (QED) is 0.742. The second kappa shape index (κ2) is 5.69. The smallest absolute Gasteiger partial charge is 0.271 e. The molecule has 21 heavy (non-hydrogen) atoms. The minimum atomic E-state index is 0.0116. The van der Waals surface area contributed by atoms with Gasteiger partial charge in [0.2, 0.25) is 0 Å². The molecular weight excluding hydrogens is 284 g/mol. The lowest BCUT2D eigenvalue weighted by atomic mass is 10.2. The maximum Gasteiger partial charge on any atom is 0.271 e. The number of fused-ring (bicyclic) bond motifs is 1. The van der Waals surface area contributed by atoms with Crippen LogP contribution in [0.3, 0.4) is 0 Å². The molecule has 0 amide bonds. The summed E-state index contributed by atoms with van der Waals surface area (Å²) in [5.41, 5.74) is 1.82. The van der Waals surface area contributed by atoms with Crippen molar-refractivity contribution >= 4 is 21.6 Å². The number of thiophene rings is 1. The molecule has 0 aliphatic rings. The van der Waals surface area contributed by atoms with Crippen LogP contribution in [-0.4, -0.2) is 15.7 Å². The molecule has 5 heteroatoms. The van der Waals surface area contributed by atoms with E-state index in [0.29, 0.717) is 11.2 Å². The number of nitrogens with zero attached hydrogens (tertiary/aromatic N) is 2. The minimum Gasteiger partial charge on any atom is -0.491 e. The van der Waals surface area contributed by atoms with Gasteiger partial charge in [-0.15, -0.1) is 11.3 Å². The number of hydrogen-bond donors (Lipinski definition) is 0. The number of hydrogen-bond acceptors (Lipinski definition) is 4. The molecule has 3 rings (SSSR count). The summed E-state index contributed by atoms with van der Waals surface area (Å²) < 4.78 is 7.95. The van der Waals surface area contributed by atoms with Crippen LogP contribution in [-0.2, 0) is 6.54 Å². The molecule has 0 unspecified atom stereocenters. The van der Waals surface area contributed by atoms with Crippen molar-refractivity contribution in [1.82, 2.24) is 9.55 Å². The average molecular weight is 300 g/mol. The Morgan fingerprint density at radius 1 is 1.24 bits per heavy atom. The van der Waals surface area contributed by atoms with Gasteiger partial charge >= 0.3 is 0 Å². The molecule has 0 fully saturated rings. The third kappa shape index (κ3) is 2.97. The molecule has 108 valence electrons. The van der Waals surface area contributed by atoms with E-state index in [-0.39, 0.29) is 11.7 Å². The zero-order valence-electron chi connectivity index (χ0n) is 11.9. The zero-order chi connectivity index (χ0) is 14.8. The van der Waals surface area contributed by atoms with Crippen LogP contribution < -0.4 is 10.3 Å². The fraction of sp³-hybridized carbons (Fsp3) is 0.250. The third-order valence-corrected chi connectivity index (χ3v) is 3.98. The van der Waals surface area contributed by atoms with Crippen LogP contribution in [0, 0.1) is 0 Å². The first kappa shape index (κ1) is 13.8. The Morgan fingerprint density at radius 3 is 2.71 bits per heavy atom. The number of ether oxygens (including phenoxy) is 1. The molecule has 2 heterocycles. The van der Waals surface area contributed by atoms with Crippen LogP contribution in [0.2, 0.25) is 0 Å². The predicted octanol–water partition coefficient (Wildman–Crippen LogP) is 3.29. The molecule has 0 saturated heterocycles. The van der Waals surface area contributed by atoms with Crippen molar-refractivity contribution in [2.24, 2.45) is 0 Å². The van der Waals surface area contributed by atoms with E-state index >= 15 is 0 Å². The van der Waals surface area contributed by atoms with Gasteiger partial charge in [-0.1, -0.05) is 12.1 Å². The van der Waals surface area contributed by atoms with Gasteiger partial charge in [-0.05, 0) is 43.0 Å². The second-order valence-electron chi connectivity index (χ2n) is 5.12. The average Bonchev–Trinajstić information content (AvgIpc) is 2.93. The van der Waals surface area contributed by atoms with Crippen molar-refractivity contribution in [2.45, 2.75) is 26.5 Å². The molecule has 0 spiro atoms. The molecule has 3 aromatic rings. The maximum atomic E-state index is 12.3. The van der Waals surface area contributed by atoms with E-state index in [1.165, 1.54) is 11.3 Å². The summed E-state index contributed by atoms with van der Waals surface area (Å²) in [5.74, 6) is 0.841. The Labute approximate surface area is 126 Å². The second-order valence-corrected chi connectivity index (χ2v) is 6.04. The van der Waals surface area contributed by atoms with Gasteiger partial charge in [0.05, 0.1) is 24.5 Å². The third-order valence-electron chi connectivity index (χ3n) is 3.08. The Bertz CT molecular complexity index is 803. The highest BCUT2D eigenvalue weighted by Gasteiger charge is 2.06. The summed E-state index contributed by atoms with van der Waals surface area (Å²) in [6.07, 6.45) is 1.76. The first-order valence-corrected chi connectivity index (χ1v) is 7.69. The number of rotatable bonds is 4. The topological polar surface area (TPSA) is 44.1 Å². The van der Waals surface area contributed by atoms with Crippen LogP contribution in [0.15, 0.2) is 46.8 Å². The molecule has 0 aliphatic heterocycles. The van der Waals surface area contributed by atoms with Crippen LogP contribution in [0.25, 0.3) is 10.2 Å². The fourth-order valence-corrected chi connectivity index (χ4v) is 2.93. The molecule has 0 aliphatic carbocycles. The Kier molecular flexibility index (Phi) is 3.75. The Balaban J connectivity index is 1.84. The van der Waals surface area contributed by atoms with Crippen molar-refractivity contribution in [2.75, 3.05) is 0 Å². The summed E-state index contributed by atoms with van der Waals surface area (Å²) in [7, 11) is 0. The van der Waals surface area contributed by atoms with Gasteiger partial charge in [-0.3, -0.25) is 9.36 Å². The van der Waals surface area contributed by atoms with E-state index in [9.17, 15) is 4.79 Å². The van der Waals surface area contributed by atoms with Gasteiger partial charge in [0.25, 0.3) is 5.56 Å². The van der Waals surface area contributed by atoms with E-state index in [1.807, 2.05) is 49.6 Å². The van der Waals surface area contributed by atoms with Crippen molar-refractivity contribution in [3.63, 3.8) is 0 Å². The van der Waals surface area contributed by atoms with Crippen LogP contribution in [0.4, 0.5) is 0 Å². The lowest BCUT2D eigenvalue weighted by Crippen LogP contribution is -2.20. The predicted molar refractivity (Wildman–Crippen MR) is 85.2 cm³/mol. The van der Waals surface area contributed by atoms with Crippen LogP contribution >= 0.6 is 11.3 Å². The monoisotopic (exact) mass is 300 g/mol. The van der Waals surface area contributed by atoms with Gasteiger partial charge in [0.15, 0.2) is 0 Å². The largest absolute Gasteiger partial charge is 0.491 e. The van der Waals surface area contributed by atoms with E-state index in [4.69, 9.17) is 4.74 Å². The van der Waals surface area contributed by atoms with Gasteiger partial charge < -0.3 is 4.74 Å².